The molecule has 0 bridgehead atoms. The highest BCUT2D eigenvalue weighted by atomic mass is 79.9. The summed E-state index contributed by atoms with van der Waals surface area (Å²) in [5.41, 5.74) is 1.29. The predicted octanol–water partition coefficient (Wildman–Crippen LogP) is 5.12. The molecule has 2 heterocycles. The summed E-state index contributed by atoms with van der Waals surface area (Å²) in [5, 5.41) is 10.3. The molecule has 9 heteroatoms. The Morgan fingerprint density at radius 1 is 1.30 bits per heavy atom. The number of carbonyl (C=O) groups is 2. The number of esters is 1. The lowest BCUT2D eigenvalue weighted by atomic mass is 9.91. The summed E-state index contributed by atoms with van der Waals surface area (Å²) in [7, 11) is -2.57. The first-order chi connectivity index (χ1) is 12.7. The number of carbonyl (C=O) groups excluding carboxylic acids is 1. The van der Waals surface area contributed by atoms with Gasteiger partial charge < -0.3 is 9.84 Å². The van der Waals surface area contributed by atoms with E-state index in [4.69, 9.17) is 4.74 Å². The SMILES string of the molecule is CCOC(=O)c1cc(Br)cc2c(C3CCCS(O)(O)CC3)cn(C(=O)O)c12. The van der Waals surface area contributed by atoms with Crippen LogP contribution in [-0.4, -0.2) is 49.0 Å². The molecule has 1 unspecified atom stereocenters. The van der Waals surface area contributed by atoms with Crippen LogP contribution in [0.2, 0.25) is 0 Å². The molecule has 1 aliphatic rings. The number of aromatic nitrogens is 1. The molecular formula is C18H22BrNO6S. The van der Waals surface area contributed by atoms with E-state index in [0.717, 1.165) is 16.6 Å². The summed E-state index contributed by atoms with van der Waals surface area (Å²) in [6, 6.07) is 3.36. The zero-order valence-electron chi connectivity index (χ0n) is 14.9. The summed E-state index contributed by atoms with van der Waals surface area (Å²) < 4.78 is 26.8. The minimum Gasteiger partial charge on any atom is -0.464 e. The standard InChI is InChI=1S/C18H22BrNO6S/c1-2-26-17(21)14-9-12(19)8-13-15(10-20(16(13)14)18(22)23)11-4-3-6-27(24,25)7-5-11/h8-11,24-25H,2-7H2,1H3,(H,22,23). The van der Waals surface area contributed by atoms with E-state index in [2.05, 4.69) is 15.9 Å². The fourth-order valence-electron chi connectivity index (χ4n) is 3.64. The van der Waals surface area contributed by atoms with E-state index in [9.17, 15) is 23.8 Å². The lowest BCUT2D eigenvalue weighted by molar-refractivity contribution is 0.0528. The highest BCUT2D eigenvalue weighted by Gasteiger charge is 2.28. The van der Waals surface area contributed by atoms with Gasteiger partial charge in [0, 0.05) is 27.6 Å². The molecule has 1 aliphatic heterocycles. The van der Waals surface area contributed by atoms with E-state index in [1.807, 2.05) is 0 Å². The Kier molecular flexibility index (Phi) is 5.85. The molecule has 0 aliphatic carbocycles. The molecule has 3 rings (SSSR count). The van der Waals surface area contributed by atoms with Crippen molar-refractivity contribution in [3.05, 3.63) is 33.9 Å². The van der Waals surface area contributed by atoms with Crippen molar-refractivity contribution in [2.24, 2.45) is 0 Å². The van der Waals surface area contributed by atoms with Gasteiger partial charge in [0.05, 0.1) is 17.7 Å². The van der Waals surface area contributed by atoms with E-state index in [1.165, 1.54) is 0 Å². The van der Waals surface area contributed by atoms with Gasteiger partial charge in [0.1, 0.15) is 0 Å². The number of ether oxygens (including phenoxy) is 1. The second-order valence-corrected chi connectivity index (χ2v) is 9.98. The number of hydrogen-bond donors (Lipinski definition) is 3. The van der Waals surface area contributed by atoms with Gasteiger partial charge in [-0.3, -0.25) is 13.7 Å². The minimum absolute atomic E-state index is 0.00822. The molecule has 0 spiro atoms. The fourth-order valence-corrected chi connectivity index (χ4v) is 5.59. The first kappa shape index (κ1) is 20.2. The number of fused-ring (bicyclic) bond motifs is 1. The van der Waals surface area contributed by atoms with Crippen LogP contribution in [0.1, 0.15) is 48.0 Å². The number of benzene rings is 1. The maximum Gasteiger partial charge on any atom is 0.416 e. The zero-order valence-corrected chi connectivity index (χ0v) is 17.3. The van der Waals surface area contributed by atoms with Crippen LogP contribution in [0.25, 0.3) is 10.9 Å². The first-order valence-corrected chi connectivity index (χ1v) is 11.4. The van der Waals surface area contributed by atoms with Crippen molar-refractivity contribution in [3.8, 4) is 0 Å². The lowest BCUT2D eigenvalue weighted by Gasteiger charge is -2.30. The van der Waals surface area contributed by atoms with Crippen molar-refractivity contribution in [3.63, 3.8) is 0 Å². The van der Waals surface area contributed by atoms with Crippen LogP contribution in [0.15, 0.2) is 22.8 Å². The minimum atomic E-state index is -2.57. The third-order valence-corrected chi connectivity index (χ3v) is 7.14. The predicted molar refractivity (Wildman–Crippen MR) is 108 cm³/mol. The van der Waals surface area contributed by atoms with Gasteiger partial charge in [-0.1, -0.05) is 15.9 Å². The van der Waals surface area contributed by atoms with E-state index >= 15 is 0 Å². The Bertz CT molecular complexity index is 894. The van der Waals surface area contributed by atoms with E-state index in [0.29, 0.717) is 39.7 Å². The average Bonchev–Trinajstić information content (AvgIpc) is 2.87. The highest BCUT2D eigenvalue weighted by Crippen LogP contribution is 2.47. The topological polar surface area (TPSA) is 109 Å². The normalized spacial score (nSPS) is 20.8. The Morgan fingerprint density at radius 2 is 2.04 bits per heavy atom. The fraction of sp³-hybridized carbons (Fsp3) is 0.444. The van der Waals surface area contributed by atoms with Crippen molar-refractivity contribution in [2.45, 2.75) is 32.1 Å². The van der Waals surface area contributed by atoms with Crippen molar-refractivity contribution < 1.29 is 28.5 Å². The van der Waals surface area contributed by atoms with Gasteiger partial charge >= 0.3 is 12.1 Å². The molecule has 7 nitrogen and oxygen atoms in total. The molecule has 0 radical (unpaired) electrons. The molecule has 1 saturated heterocycles. The average molecular weight is 460 g/mol. The Labute approximate surface area is 166 Å². The third-order valence-electron chi connectivity index (χ3n) is 4.85. The Morgan fingerprint density at radius 3 is 2.70 bits per heavy atom. The van der Waals surface area contributed by atoms with E-state index in [-0.39, 0.29) is 18.1 Å². The summed E-state index contributed by atoms with van der Waals surface area (Å²) in [6.07, 6.45) is 2.31. The highest BCUT2D eigenvalue weighted by molar-refractivity contribution is 9.10. The Balaban J connectivity index is 2.17. The van der Waals surface area contributed by atoms with Gasteiger partial charge in [0.25, 0.3) is 0 Å². The third kappa shape index (κ3) is 4.16. The van der Waals surface area contributed by atoms with Crippen LogP contribution in [0.3, 0.4) is 0 Å². The van der Waals surface area contributed by atoms with E-state index < -0.39 is 22.7 Å². The smallest absolute Gasteiger partial charge is 0.416 e. The van der Waals surface area contributed by atoms with Crippen LogP contribution >= 0.6 is 26.5 Å². The van der Waals surface area contributed by atoms with Gasteiger partial charge in [-0.15, -0.1) is 0 Å². The lowest BCUT2D eigenvalue weighted by Crippen LogP contribution is -2.11. The molecular weight excluding hydrogens is 438 g/mol. The van der Waals surface area contributed by atoms with Gasteiger partial charge in [0.2, 0.25) is 0 Å². The molecule has 1 aromatic carbocycles. The van der Waals surface area contributed by atoms with Crippen molar-refractivity contribution in [1.82, 2.24) is 4.57 Å². The van der Waals surface area contributed by atoms with Crippen LogP contribution in [0.5, 0.6) is 0 Å². The molecule has 27 heavy (non-hydrogen) atoms. The summed E-state index contributed by atoms with van der Waals surface area (Å²) in [5.74, 6) is 0.0896. The first-order valence-electron chi connectivity index (χ1n) is 8.72. The van der Waals surface area contributed by atoms with E-state index in [1.54, 1.807) is 25.3 Å². The van der Waals surface area contributed by atoms with Crippen molar-refractivity contribution in [2.75, 3.05) is 18.1 Å². The van der Waals surface area contributed by atoms with Gasteiger partial charge in [-0.25, -0.2) is 9.59 Å². The summed E-state index contributed by atoms with van der Waals surface area (Å²) in [6.45, 7) is 1.88. The molecule has 148 valence electrons. The quantitative estimate of drug-likeness (QED) is 0.549. The van der Waals surface area contributed by atoms with Crippen molar-refractivity contribution >= 4 is 49.5 Å². The van der Waals surface area contributed by atoms with Crippen LogP contribution < -0.4 is 0 Å². The summed E-state index contributed by atoms with van der Waals surface area (Å²) in [4.78, 5) is 24.2. The number of carboxylic acid groups (broad SMARTS) is 1. The monoisotopic (exact) mass is 459 g/mol. The zero-order chi connectivity index (χ0) is 19.8. The van der Waals surface area contributed by atoms with Crippen LogP contribution in [0, 0.1) is 0 Å². The molecule has 0 amide bonds. The van der Waals surface area contributed by atoms with Crippen molar-refractivity contribution in [1.29, 1.82) is 0 Å². The second kappa shape index (κ2) is 7.83. The van der Waals surface area contributed by atoms with Crippen LogP contribution in [0.4, 0.5) is 4.79 Å². The molecule has 1 fully saturated rings. The maximum atomic E-state index is 12.4. The molecule has 1 aromatic heterocycles. The largest absolute Gasteiger partial charge is 0.464 e. The summed E-state index contributed by atoms with van der Waals surface area (Å²) >= 11 is 3.40. The maximum absolute atomic E-state index is 12.4. The molecule has 0 saturated carbocycles. The number of hydrogen-bond acceptors (Lipinski definition) is 5. The van der Waals surface area contributed by atoms with Gasteiger partial charge in [0.15, 0.2) is 0 Å². The number of rotatable bonds is 3. The molecule has 3 N–H and O–H groups in total. The van der Waals surface area contributed by atoms with Gasteiger partial charge in [-0.2, -0.15) is 10.6 Å². The van der Waals surface area contributed by atoms with Crippen LogP contribution in [-0.2, 0) is 4.74 Å². The second-order valence-electron chi connectivity index (χ2n) is 6.65. The molecule has 1 atom stereocenters. The van der Waals surface area contributed by atoms with Gasteiger partial charge in [-0.05, 0) is 49.8 Å². The molecule has 2 aromatic rings. The Hall–Kier alpha value is -1.55. The number of halogens is 1. The number of nitrogens with zero attached hydrogens (tertiary/aromatic N) is 1.